The molecule has 5 N–H and O–H groups in total. The molecule has 0 unspecified atom stereocenters. The minimum atomic E-state index is -5.06. The van der Waals surface area contributed by atoms with Gasteiger partial charge in [0, 0.05) is 5.56 Å². The quantitative estimate of drug-likeness (QED) is 0.179. The van der Waals surface area contributed by atoms with Crippen molar-refractivity contribution in [3.63, 3.8) is 0 Å². The number of nitrogens with two attached hydrogens (primary N) is 1. The summed E-state index contributed by atoms with van der Waals surface area (Å²) in [6.45, 7) is 0. The second-order valence-electron chi connectivity index (χ2n) is 8.46. The smallest absolute Gasteiger partial charge is 0.433 e. The molecule has 0 fully saturated rings. The largest absolute Gasteiger partial charge is 0.455 e. The zero-order valence-electron chi connectivity index (χ0n) is 20.6. The highest BCUT2D eigenvalue weighted by Gasteiger charge is 2.36. The standard InChI is InChI=1S/C24H17F7N6O4S/c25-13-5-7-14(8-6-13)41-16-10-12(4-9-15(16)37-42(39,40)11-23(26,27)28)20-19(21(32)38)22(36-35-20)34-18-3-1-2-17(33-18)24(29,30)31/h1-10,37H,11H2,(H2,32,38)(H2,33,34,35,36). The van der Waals surface area contributed by atoms with E-state index in [2.05, 4.69) is 20.5 Å². The Bertz CT molecular complexity index is 1720. The van der Waals surface area contributed by atoms with Crippen molar-refractivity contribution in [2.75, 3.05) is 15.8 Å². The number of anilines is 3. The zero-order chi connectivity index (χ0) is 30.9. The third kappa shape index (κ3) is 7.45. The van der Waals surface area contributed by atoms with Crippen molar-refractivity contribution in [1.29, 1.82) is 0 Å². The number of primary amides is 1. The molecule has 42 heavy (non-hydrogen) atoms. The molecule has 4 rings (SSSR count). The predicted molar refractivity (Wildman–Crippen MR) is 135 cm³/mol. The second kappa shape index (κ2) is 11.2. The Kier molecular flexibility index (Phi) is 8.02. The number of sulfonamides is 1. The van der Waals surface area contributed by atoms with Crippen LogP contribution in [-0.2, 0) is 16.2 Å². The van der Waals surface area contributed by atoms with Gasteiger partial charge in [-0.15, -0.1) is 0 Å². The number of ether oxygens (including phenoxy) is 1. The van der Waals surface area contributed by atoms with Crippen LogP contribution in [0.25, 0.3) is 11.3 Å². The topological polar surface area (TPSA) is 152 Å². The van der Waals surface area contributed by atoms with Gasteiger partial charge in [-0.2, -0.15) is 31.4 Å². The van der Waals surface area contributed by atoms with Gasteiger partial charge in [0.15, 0.2) is 11.5 Å². The minimum Gasteiger partial charge on any atom is -0.455 e. The van der Waals surface area contributed by atoms with Crippen LogP contribution in [0, 0.1) is 5.82 Å². The second-order valence-corrected chi connectivity index (χ2v) is 10.2. The van der Waals surface area contributed by atoms with Crippen molar-refractivity contribution in [2.24, 2.45) is 5.73 Å². The third-order valence-corrected chi connectivity index (χ3v) is 6.46. The lowest BCUT2D eigenvalue weighted by molar-refractivity contribution is -0.141. The molecule has 0 bridgehead atoms. The zero-order valence-corrected chi connectivity index (χ0v) is 21.5. The average molecular weight is 618 g/mol. The number of nitrogens with one attached hydrogen (secondary N) is 3. The Balaban J connectivity index is 1.75. The highest BCUT2D eigenvalue weighted by Crippen LogP contribution is 2.37. The molecule has 222 valence electrons. The van der Waals surface area contributed by atoms with Gasteiger partial charge in [-0.1, -0.05) is 12.1 Å². The molecule has 2 aromatic carbocycles. The number of amides is 1. The van der Waals surface area contributed by atoms with Gasteiger partial charge in [-0.25, -0.2) is 17.8 Å². The van der Waals surface area contributed by atoms with Gasteiger partial charge in [-0.05, 0) is 48.5 Å². The van der Waals surface area contributed by atoms with Crippen LogP contribution in [0.3, 0.4) is 0 Å². The van der Waals surface area contributed by atoms with Gasteiger partial charge >= 0.3 is 12.4 Å². The maximum Gasteiger partial charge on any atom is 0.433 e. The van der Waals surface area contributed by atoms with Crippen molar-refractivity contribution in [3.8, 4) is 22.8 Å². The number of aromatic nitrogens is 3. The Hall–Kier alpha value is -4.87. The molecule has 4 aromatic rings. The van der Waals surface area contributed by atoms with Crippen LogP contribution in [0.4, 0.5) is 48.1 Å². The summed E-state index contributed by atoms with van der Waals surface area (Å²) in [5.74, 6) is -4.93. The summed E-state index contributed by atoms with van der Waals surface area (Å²) in [5.41, 5.74) is 3.29. The van der Waals surface area contributed by atoms with Crippen molar-refractivity contribution in [1.82, 2.24) is 15.2 Å². The van der Waals surface area contributed by atoms with Crippen molar-refractivity contribution in [2.45, 2.75) is 12.4 Å². The first-order valence-corrected chi connectivity index (χ1v) is 13.0. The number of hydrogen-bond donors (Lipinski definition) is 4. The fourth-order valence-electron chi connectivity index (χ4n) is 3.56. The lowest BCUT2D eigenvalue weighted by Gasteiger charge is -2.15. The Morgan fingerprint density at radius 3 is 2.31 bits per heavy atom. The third-order valence-electron chi connectivity index (χ3n) is 5.22. The lowest BCUT2D eigenvalue weighted by atomic mass is 10.1. The van der Waals surface area contributed by atoms with Crippen LogP contribution in [-0.4, -0.2) is 41.4 Å². The summed E-state index contributed by atoms with van der Waals surface area (Å²) in [4.78, 5) is 15.8. The number of alkyl halides is 6. The van der Waals surface area contributed by atoms with Crippen LogP contribution in [0.5, 0.6) is 11.5 Å². The molecule has 0 aliphatic carbocycles. The van der Waals surface area contributed by atoms with E-state index in [1.165, 1.54) is 6.07 Å². The molecular weight excluding hydrogens is 601 g/mol. The molecule has 0 aliphatic heterocycles. The first-order valence-electron chi connectivity index (χ1n) is 11.4. The Morgan fingerprint density at radius 2 is 1.69 bits per heavy atom. The monoisotopic (exact) mass is 618 g/mol. The van der Waals surface area contributed by atoms with Gasteiger partial charge in [0.25, 0.3) is 5.91 Å². The summed E-state index contributed by atoms with van der Waals surface area (Å²) in [7, 11) is -4.97. The summed E-state index contributed by atoms with van der Waals surface area (Å²) >= 11 is 0. The number of carbonyl (C=O) groups is 1. The first-order chi connectivity index (χ1) is 19.5. The van der Waals surface area contributed by atoms with Gasteiger partial charge in [-0.3, -0.25) is 14.6 Å². The molecule has 0 saturated heterocycles. The normalized spacial score (nSPS) is 12.2. The molecule has 0 radical (unpaired) electrons. The summed E-state index contributed by atoms with van der Waals surface area (Å²) < 4.78 is 122. The fraction of sp³-hybridized carbons (Fsp3) is 0.125. The van der Waals surface area contributed by atoms with E-state index in [0.29, 0.717) is 0 Å². The average Bonchev–Trinajstić information content (AvgIpc) is 3.28. The maximum absolute atomic E-state index is 13.4. The lowest BCUT2D eigenvalue weighted by Crippen LogP contribution is -2.28. The van der Waals surface area contributed by atoms with Crippen molar-refractivity contribution in [3.05, 3.63) is 77.7 Å². The van der Waals surface area contributed by atoms with E-state index in [1.807, 2.05) is 0 Å². The van der Waals surface area contributed by atoms with E-state index in [1.54, 1.807) is 4.72 Å². The van der Waals surface area contributed by atoms with Gasteiger partial charge < -0.3 is 15.8 Å². The SMILES string of the molecule is NC(=O)c1c(-c2ccc(NS(=O)(=O)CC(F)(F)F)c(Oc3ccc(F)cc3)c2)n[nH]c1Nc1cccc(C(F)(F)F)n1. The molecule has 0 aliphatic rings. The fourth-order valence-corrected chi connectivity index (χ4v) is 4.57. The van der Waals surface area contributed by atoms with Crippen molar-refractivity contribution < 1.29 is 48.7 Å². The van der Waals surface area contributed by atoms with Gasteiger partial charge in [0.05, 0.1) is 5.69 Å². The number of halogens is 7. The molecule has 18 heteroatoms. The number of aromatic amines is 1. The number of nitrogens with zero attached hydrogens (tertiary/aromatic N) is 2. The van der Waals surface area contributed by atoms with E-state index in [0.717, 1.165) is 54.6 Å². The number of rotatable bonds is 9. The van der Waals surface area contributed by atoms with Crippen LogP contribution in [0.15, 0.2) is 60.7 Å². The number of H-pyrrole nitrogens is 1. The summed E-state index contributed by atoms with van der Waals surface area (Å²) in [6.07, 6.45) is -9.82. The van der Waals surface area contributed by atoms with Gasteiger partial charge in [0.2, 0.25) is 10.0 Å². The number of benzene rings is 2. The van der Waals surface area contributed by atoms with Crippen LogP contribution < -0.4 is 20.5 Å². The minimum absolute atomic E-state index is 0.0148. The van der Waals surface area contributed by atoms with Crippen LogP contribution in [0.1, 0.15) is 16.1 Å². The molecule has 0 saturated carbocycles. The predicted octanol–water partition coefficient (Wildman–Crippen LogP) is 5.57. The van der Waals surface area contributed by atoms with E-state index in [4.69, 9.17) is 10.5 Å². The van der Waals surface area contributed by atoms with Crippen LogP contribution in [0.2, 0.25) is 0 Å². The van der Waals surface area contributed by atoms with Crippen LogP contribution >= 0.6 is 0 Å². The molecular formula is C24H17F7N6O4S. The first kappa shape index (κ1) is 30.1. The molecule has 0 spiro atoms. The number of carbonyl (C=O) groups excluding carboxylic acids is 1. The van der Waals surface area contributed by atoms with Crippen molar-refractivity contribution >= 4 is 33.3 Å². The molecule has 2 aromatic heterocycles. The molecule has 1 amide bonds. The summed E-state index contributed by atoms with van der Waals surface area (Å²) in [6, 6.07) is 10.6. The van der Waals surface area contributed by atoms with E-state index >= 15 is 0 Å². The number of hydrogen-bond acceptors (Lipinski definition) is 7. The van der Waals surface area contributed by atoms with E-state index in [-0.39, 0.29) is 40.0 Å². The molecule has 2 heterocycles. The van der Waals surface area contributed by atoms with Gasteiger partial charge in [0.1, 0.15) is 40.2 Å². The van der Waals surface area contributed by atoms with E-state index < -0.39 is 51.2 Å². The van der Waals surface area contributed by atoms with E-state index in [9.17, 15) is 43.9 Å². The Morgan fingerprint density at radius 1 is 1.00 bits per heavy atom. The summed E-state index contributed by atoms with van der Waals surface area (Å²) in [5, 5.41) is 8.85. The highest BCUT2D eigenvalue weighted by molar-refractivity contribution is 7.92. The Labute approximate surface area is 231 Å². The highest BCUT2D eigenvalue weighted by atomic mass is 32.2. The molecule has 10 nitrogen and oxygen atoms in total. The number of pyridine rings is 1. The molecule has 0 atom stereocenters. The maximum atomic E-state index is 13.4.